The Balaban J connectivity index is 1.31. The Morgan fingerprint density at radius 1 is 1.07 bits per heavy atom. The Kier molecular flexibility index (Phi) is 5.25. The molecule has 8 heteroatoms. The summed E-state index contributed by atoms with van der Waals surface area (Å²) in [5, 5.41) is 6.63. The minimum atomic E-state index is -0.274. The number of nitrogens with zero attached hydrogens (tertiary/aromatic N) is 2. The number of carbonyl (C=O) groups is 1. The molecule has 3 aromatic rings. The molecule has 0 bridgehead atoms. The monoisotopic (exact) mass is 396 g/mol. The number of carbonyl (C=O) groups excluding carboxylic acids is 1. The molecule has 0 saturated carbocycles. The van der Waals surface area contributed by atoms with Gasteiger partial charge in [0.2, 0.25) is 6.79 Å². The third-order valence-corrected chi connectivity index (χ3v) is 4.35. The minimum Gasteiger partial charge on any atom is -0.454 e. The van der Waals surface area contributed by atoms with Gasteiger partial charge in [-0.1, -0.05) is 23.7 Å². The molecule has 0 radical (unpaired) electrons. The van der Waals surface area contributed by atoms with Gasteiger partial charge in [0, 0.05) is 23.3 Å². The van der Waals surface area contributed by atoms with Gasteiger partial charge < -0.3 is 20.1 Å². The van der Waals surface area contributed by atoms with E-state index >= 15 is 0 Å². The van der Waals surface area contributed by atoms with Crippen molar-refractivity contribution in [1.82, 2.24) is 15.3 Å². The maximum atomic E-state index is 12.2. The number of ether oxygens (including phenoxy) is 2. The van der Waals surface area contributed by atoms with Crippen molar-refractivity contribution in [2.75, 3.05) is 18.7 Å². The summed E-state index contributed by atoms with van der Waals surface area (Å²) in [6, 6.07) is 13.0. The van der Waals surface area contributed by atoms with Crippen molar-refractivity contribution in [2.45, 2.75) is 6.42 Å². The fourth-order valence-corrected chi connectivity index (χ4v) is 2.95. The Bertz CT molecular complexity index is 995. The second kappa shape index (κ2) is 8.14. The maximum Gasteiger partial charge on any atom is 0.271 e. The van der Waals surface area contributed by atoms with E-state index in [9.17, 15) is 4.79 Å². The lowest BCUT2D eigenvalue weighted by Crippen LogP contribution is -2.26. The van der Waals surface area contributed by atoms with Crippen LogP contribution in [0.2, 0.25) is 5.02 Å². The number of hydrogen-bond acceptors (Lipinski definition) is 6. The normalized spacial score (nSPS) is 11.9. The number of anilines is 2. The molecule has 2 aromatic carbocycles. The van der Waals surface area contributed by atoms with E-state index in [1.807, 2.05) is 42.5 Å². The highest BCUT2D eigenvalue weighted by Crippen LogP contribution is 2.34. The highest BCUT2D eigenvalue weighted by Gasteiger charge is 2.13. The Morgan fingerprint density at radius 3 is 2.79 bits per heavy atom. The van der Waals surface area contributed by atoms with E-state index in [0.29, 0.717) is 35.3 Å². The lowest BCUT2D eigenvalue weighted by atomic mass is 10.1. The van der Waals surface area contributed by atoms with Crippen LogP contribution in [0.5, 0.6) is 11.5 Å². The van der Waals surface area contributed by atoms with Crippen LogP contribution in [0.4, 0.5) is 11.5 Å². The quantitative estimate of drug-likeness (QED) is 0.662. The largest absolute Gasteiger partial charge is 0.454 e. The number of aromatic nitrogens is 2. The molecule has 0 fully saturated rings. The van der Waals surface area contributed by atoms with Gasteiger partial charge in [-0.2, -0.15) is 0 Å². The Hall–Kier alpha value is -3.32. The van der Waals surface area contributed by atoms with E-state index in [2.05, 4.69) is 20.6 Å². The third kappa shape index (κ3) is 4.32. The van der Waals surface area contributed by atoms with Crippen molar-refractivity contribution in [1.29, 1.82) is 0 Å². The Labute approximate surface area is 166 Å². The van der Waals surface area contributed by atoms with E-state index in [1.165, 1.54) is 12.4 Å². The second-order valence-electron chi connectivity index (χ2n) is 6.12. The van der Waals surface area contributed by atoms with Gasteiger partial charge in [0.15, 0.2) is 11.5 Å². The summed E-state index contributed by atoms with van der Waals surface area (Å²) in [5.74, 6) is 1.63. The molecular formula is C20H17ClN4O3. The highest BCUT2D eigenvalue weighted by molar-refractivity contribution is 6.30. The summed E-state index contributed by atoms with van der Waals surface area (Å²) in [6.07, 6.45) is 3.63. The fourth-order valence-electron chi connectivity index (χ4n) is 2.74. The van der Waals surface area contributed by atoms with Crippen molar-refractivity contribution < 1.29 is 14.3 Å². The first kappa shape index (κ1) is 18.1. The molecule has 2 N–H and O–H groups in total. The third-order valence-electron chi connectivity index (χ3n) is 4.12. The van der Waals surface area contributed by atoms with Crippen LogP contribution in [0.3, 0.4) is 0 Å². The van der Waals surface area contributed by atoms with Gasteiger partial charge >= 0.3 is 0 Å². The van der Waals surface area contributed by atoms with E-state index in [4.69, 9.17) is 21.1 Å². The Morgan fingerprint density at radius 2 is 1.96 bits per heavy atom. The van der Waals surface area contributed by atoms with Gasteiger partial charge in [-0.15, -0.1) is 0 Å². The summed E-state index contributed by atoms with van der Waals surface area (Å²) in [4.78, 5) is 20.6. The van der Waals surface area contributed by atoms with Gasteiger partial charge in [0.05, 0.1) is 12.4 Å². The number of fused-ring (bicyclic) bond motifs is 1. The molecule has 7 nitrogen and oxygen atoms in total. The molecule has 2 heterocycles. The van der Waals surface area contributed by atoms with Gasteiger partial charge in [0.1, 0.15) is 11.5 Å². The fraction of sp³-hybridized carbons (Fsp3) is 0.150. The summed E-state index contributed by atoms with van der Waals surface area (Å²) in [6.45, 7) is 0.706. The van der Waals surface area contributed by atoms with Crippen LogP contribution in [0.1, 0.15) is 16.1 Å². The number of rotatable bonds is 6. The van der Waals surface area contributed by atoms with Crippen molar-refractivity contribution in [3.8, 4) is 11.5 Å². The molecule has 1 aromatic heterocycles. The molecular weight excluding hydrogens is 380 g/mol. The van der Waals surface area contributed by atoms with E-state index in [1.54, 1.807) is 0 Å². The topological polar surface area (TPSA) is 85.4 Å². The minimum absolute atomic E-state index is 0.222. The molecule has 0 saturated heterocycles. The molecule has 1 amide bonds. The first-order valence-electron chi connectivity index (χ1n) is 8.69. The zero-order valence-electron chi connectivity index (χ0n) is 14.8. The SMILES string of the molecule is O=C(NCCc1cccc(Cl)c1)c1cnc(Nc2ccc3c(c2)OCO3)cn1. The van der Waals surface area contributed by atoms with Crippen LogP contribution in [0, 0.1) is 0 Å². The molecule has 0 spiro atoms. The molecule has 0 unspecified atom stereocenters. The van der Waals surface area contributed by atoms with Crippen LogP contribution in [0.25, 0.3) is 0 Å². The highest BCUT2D eigenvalue weighted by atomic mass is 35.5. The number of nitrogens with one attached hydrogen (secondary N) is 2. The van der Waals surface area contributed by atoms with Gasteiger partial charge in [-0.05, 0) is 36.2 Å². The number of benzene rings is 2. The zero-order chi connectivity index (χ0) is 19.3. The smallest absolute Gasteiger partial charge is 0.271 e. The standard InChI is InChI=1S/C20H17ClN4O3/c21-14-3-1-2-13(8-14)6-7-22-20(26)16-10-24-19(11-23-16)25-15-4-5-17-18(9-15)28-12-27-17/h1-5,8-11H,6-7,12H2,(H,22,26)(H,24,25). The molecule has 0 aliphatic carbocycles. The molecule has 0 atom stereocenters. The average Bonchev–Trinajstić information content (AvgIpc) is 3.16. The van der Waals surface area contributed by atoms with Crippen LogP contribution in [0.15, 0.2) is 54.9 Å². The van der Waals surface area contributed by atoms with E-state index in [-0.39, 0.29) is 18.4 Å². The summed E-state index contributed by atoms with van der Waals surface area (Å²) < 4.78 is 10.6. The van der Waals surface area contributed by atoms with Gasteiger partial charge in [0.25, 0.3) is 5.91 Å². The predicted octanol–water partition coefficient (Wildman–Crippen LogP) is 3.57. The van der Waals surface area contributed by atoms with Gasteiger partial charge in [-0.3, -0.25) is 4.79 Å². The van der Waals surface area contributed by atoms with Crippen LogP contribution < -0.4 is 20.1 Å². The summed E-state index contributed by atoms with van der Waals surface area (Å²) >= 11 is 5.96. The zero-order valence-corrected chi connectivity index (χ0v) is 15.6. The maximum absolute atomic E-state index is 12.2. The van der Waals surface area contributed by atoms with Crippen molar-refractivity contribution in [2.24, 2.45) is 0 Å². The predicted molar refractivity (Wildman–Crippen MR) is 105 cm³/mol. The lowest BCUT2D eigenvalue weighted by Gasteiger charge is -2.08. The second-order valence-corrected chi connectivity index (χ2v) is 6.55. The van der Waals surface area contributed by atoms with Crippen LogP contribution >= 0.6 is 11.6 Å². The first-order valence-corrected chi connectivity index (χ1v) is 9.06. The molecule has 1 aliphatic heterocycles. The number of halogens is 1. The van der Waals surface area contributed by atoms with E-state index in [0.717, 1.165) is 11.3 Å². The van der Waals surface area contributed by atoms with Crippen LogP contribution in [-0.4, -0.2) is 29.2 Å². The van der Waals surface area contributed by atoms with Crippen molar-refractivity contribution >= 4 is 29.0 Å². The molecule has 142 valence electrons. The number of hydrogen-bond donors (Lipinski definition) is 2. The molecule has 28 heavy (non-hydrogen) atoms. The summed E-state index contributed by atoms with van der Waals surface area (Å²) in [7, 11) is 0. The average molecular weight is 397 g/mol. The number of amides is 1. The summed E-state index contributed by atoms with van der Waals surface area (Å²) in [5.41, 5.74) is 2.10. The lowest BCUT2D eigenvalue weighted by molar-refractivity contribution is 0.0949. The molecule has 1 aliphatic rings. The van der Waals surface area contributed by atoms with Crippen LogP contribution in [-0.2, 0) is 6.42 Å². The first-order chi connectivity index (χ1) is 13.7. The van der Waals surface area contributed by atoms with E-state index < -0.39 is 0 Å². The molecule has 4 rings (SSSR count). The van der Waals surface area contributed by atoms with Gasteiger partial charge in [-0.25, -0.2) is 9.97 Å². The van der Waals surface area contributed by atoms with Crippen molar-refractivity contribution in [3.63, 3.8) is 0 Å². The van der Waals surface area contributed by atoms with Crippen molar-refractivity contribution in [3.05, 3.63) is 71.1 Å².